The van der Waals surface area contributed by atoms with Gasteiger partial charge in [0.1, 0.15) is 11.6 Å². The molecule has 1 rings (SSSR count). The molecule has 0 aliphatic carbocycles. The van der Waals surface area contributed by atoms with Gasteiger partial charge >= 0.3 is 6.18 Å². The molecule has 0 spiro atoms. The van der Waals surface area contributed by atoms with Crippen molar-refractivity contribution < 1.29 is 22.0 Å². The Morgan fingerprint density at radius 1 is 1.13 bits per heavy atom. The molecular weight excluding hydrogens is 217 g/mol. The zero-order valence-electron chi connectivity index (χ0n) is 7.48. The Bertz CT molecular complexity index is 327. The monoisotopic (exact) mass is 225 g/mol. The number of nitrogens with two attached hydrogens (primary N) is 1. The van der Waals surface area contributed by atoms with E-state index in [1.54, 1.807) is 0 Å². The largest absolute Gasteiger partial charge is 0.390 e. The molecule has 0 saturated heterocycles. The zero-order chi connectivity index (χ0) is 11.6. The van der Waals surface area contributed by atoms with E-state index in [0.29, 0.717) is 0 Å². The molecule has 0 fully saturated rings. The average Bonchev–Trinajstić information content (AvgIpc) is 1.99. The minimum atomic E-state index is -4.55. The molecule has 1 unspecified atom stereocenters. The molecule has 0 heterocycles. The molecule has 0 aliphatic heterocycles. The first kappa shape index (κ1) is 11.9. The van der Waals surface area contributed by atoms with Crippen molar-refractivity contribution in [2.24, 2.45) is 5.73 Å². The molecule has 1 nitrogen and oxygen atoms in total. The number of alkyl halides is 3. The highest BCUT2D eigenvalue weighted by Crippen LogP contribution is 2.30. The molecular formula is C9H8F5N. The van der Waals surface area contributed by atoms with Crippen molar-refractivity contribution in [3.8, 4) is 0 Å². The van der Waals surface area contributed by atoms with Crippen LogP contribution >= 0.6 is 0 Å². The molecule has 0 amide bonds. The van der Waals surface area contributed by atoms with Crippen molar-refractivity contribution >= 4 is 0 Å². The Labute approximate surface area is 82.7 Å². The lowest BCUT2D eigenvalue weighted by atomic mass is 10.0. The van der Waals surface area contributed by atoms with Crippen LogP contribution in [0.25, 0.3) is 0 Å². The smallest absolute Gasteiger partial charge is 0.323 e. The molecule has 1 aromatic carbocycles. The van der Waals surface area contributed by atoms with Gasteiger partial charge in [0.25, 0.3) is 0 Å². The van der Waals surface area contributed by atoms with Crippen molar-refractivity contribution in [2.45, 2.75) is 18.6 Å². The first-order valence-corrected chi connectivity index (χ1v) is 4.07. The minimum absolute atomic E-state index is 0.727. The van der Waals surface area contributed by atoms with E-state index in [-0.39, 0.29) is 0 Å². The fraction of sp³-hybridized carbons (Fsp3) is 0.333. The van der Waals surface area contributed by atoms with E-state index < -0.39 is 35.8 Å². The summed E-state index contributed by atoms with van der Waals surface area (Å²) in [6.07, 6.45) is -6.00. The second-order valence-corrected chi connectivity index (χ2v) is 3.06. The summed E-state index contributed by atoms with van der Waals surface area (Å²) < 4.78 is 61.8. The van der Waals surface area contributed by atoms with Crippen LogP contribution in [0, 0.1) is 11.6 Å². The number of hydrogen-bond acceptors (Lipinski definition) is 1. The Hall–Kier alpha value is -1.17. The Balaban J connectivity index is 2.96. The van der Waals surface area contributed by atoms with Gasteiger partial charge in [-0.3, -0.25) is 0 Å². The van der Waals surface area contributed by atoms with Crippen LogP contribution < -0.4 is 5.73 Å². The second-order valence-electron chi connectivity index (χ2n) is 3.06. The van der Waals surface area contributed by atoms with E-state index >= 15 is 0 Å². The fourth-order valence-corrected chi connectivity index (χ4v) is 1.22. The van der Waals surface area contributed by atoms with Crippen molar-refractivity contribution in [1.82, 2.24) is 0 Å². The minimum Gasteiger partial charge on any atom is -0.323 e. The Kier molecular flexibility index (Phi) is 3.28. The SMILES string of the molecule is NC(CC(F)(F)F)c1c(F)cccc1F. The van der Waals surface area contributed by atoms with E-state index in [1.165, 1.54) is 0 Å². The van der Waals surface area contributed by atoms with Gasteiger partial charge in [0, 0.05) is 11.6 Å². The van der Waals surface area contributed by atoms with Gasteiger partial charge in [0.2, 0.25) is 0 Å². The number of hydrogen-bond donors (Lipinski definition) is 1. The molecule has 2 N–H and O–H groups in total. The normalized spacial score (nSPS) is 14.0. The standard InChI is InChI=1S/C9H8F5N/c10-5-2-1-3-6(11)8(5)7(15)4-9(12,13)14/h1-3,7H,4,15H2. The van der Waals surface area contributed by atoms with Gasteiger partial charge in [0.15, 0.2) is 0 Å². The van der Waals surface area contributed by atoms with Gasteiger partial charge in [-0.2, -0.15) is 13.2 Å². The van der Waals surface area contributed by atoms with Crippen LogP contribution in [0.2, 0.25) is 0 Å². The summed E-state index contributed by atoms with van der Waals surface area (Å²) in [7, 11) is 0. The highest BCUT2D eigenvalue weighted by molar-refractivity contribution is 5.23. The van der Waals surface area contributed by atoms with Crippen molar-refractivity contribution in [1.29, 1.82) is 0 Å². The van der Waals surface area contributed by atoms with Gasteiger partial charge in [0.05, 0.1) is 6.42 Å². The van der Waals surface area contributed by atoms with Gasteiger partial charge in [-0.25, -0.2) is 8.78 Å². The topological polar surface area (TPSA) is 26.0 Å². The van der Waals surface area contributed by atoms with E-state index in [9.17, 15) is 22.0 Å². The number of rotatable bonds is 2. The molecule has 0 radical (unpaired) electrons. The first-order chi connectivity index (χ1) is 6.81. The summed E-state index contributed by atoms with van der Waals surface area (Å²) in [5.41, 5.74) is 4.36. The second kappa shape index (κ2) is 4.14. The van der Waals surface area contributed by atoms with Crippen molar-refractivity contribution in [3.05, 3.63) is 35.4 Å². The molecule has 0 aromatic heterocycles. The molecule has 0 saturated carbocycles. The maximum Gasteiger partial charge on any atom is 0.390 e. The quantitative estimate of drug-likeness (QED) is 0.769. The average molecular weight is 225 g/mol. The van der Waals surface area contributed by atoms with Crippen LogP contribution in [0.5, 0.6) is 0 Å². The summed E-state index contributed by atoms with van der Waals surface area (Å²) in [5.74, 6) is -2.13. The van der Waals surface area contributed by atoms with E-state index in [2.05, 4.69) is 0 Å². The van der Waals surface area contributed by atoms with Crippen molar-refractivity contribution in [2.75, 3.05) is 0 Å². The predicted molar refractivity (Wildman–Crippen MR) is 44.0 cm³/mol. The molecule has 15 heavy (non-hydrogen) atoms. The lowest BCUT2D eigenvalue weighted by molar-refractivity contribution is -0.138. The summed E-state index contributed by atoms with van der Waals surface area (Å²) in [4.78, 5) is 0. The summed E-state index contributed by atoms with van der Waals surface area (Å²) in [6, 6.07) is 1.09. The predicted octanol–water partition coefficient (Wildman–Crippen LogP) is 2.92. The lowest BCUT2D eigenvalue weighted by Crippen LogP contribution is -2.22. The highest BCUT2D eigenvalue weighted by Gasteiger charge is 2.32. The van der Waals surface area contributed by atoms with Crippen molar-refractivity contribution in [3.63, 3.8) is 0 Å². The van der Waals surface area contributed by atoms with E-state index in [1.807, 2.05) is 0 Å². The maximum atomic E-state index is 13.0. The van der Waals surface area contributed by atoms with E-state index in [0.717, 1.165) is 18.2 Å². The van der Waals surface area contributed by atoms with Gasteiger partial charge in [-0.1, -0.05) is 6.07 Å². The number of halogens is 5. The molecule has 6 heteroatoms. The Morgan fingerprint density at radius 2 is 1.60 bits per heavy atom. The van der Waals surface area contributed by atoms with Crippen LogP contribution in [0.4, 0.5) is 22.0 Å². The third-order valence-corrected chi connectivity index (χ3v) is 1.82. The fourth-order valence-electron chi connectivity index (χ4n) is 1.22. The maximum absolute atomic E-state index is 13.0. The lowest BCUT2D eigenvalue weighted by Gasteiger charge is -2.15. The van der Waals surface area contributed by atoms with Crippen LogP contribution in [0.15, 0.2) is 18.2 Å². The third-order valence-electron chi connectivity index (χ3n) is 1.82. The van der Waals surface area contributed by atoms with Crippen LogP contribution in [-0.2, 0) is 0 Å². The zero-order valence-corrected chi connectivity index (χ0v) is 7.48. The molecule has 1 atom stereocenters. The highest BCUT2D eigenvalue weighted by atomic mass is 19.4. The van der Waals surface area contributed by atoms with E-state index in [4.69, 9.17) is 5.73 Å². The first-order valence-electron chi connectivity index (χ1n) is 4.07. The molecule has 1 aromatic rings. The van der Waals surface area contributed by atoms with Gasteiger partial charge < -0.3 is 5.73 Å². The van der Waals surface area contributed by atoms with Crippen LogP contribution in [0.1, 0.15) is 18.0 Å². The summed E-state index contributed by atoms with van der Waals surface area (Å²) in [6.45, 7) is 0. The van der Waals surface area contributed by atoms with Gasteiger partial charge in [-0.15, -0.1) is 0 Å². The molecule has 0 bridgehead atoms. The van der Waals surface area contributed by atoms with Crippen LogP contribution in [-0.4, -0.2) is 6.18 Å². The van der Waals surface area contributed by atoms with Gasteiger partial charge in [-0.05, 0) is 12.1 Å². The third kappa shape index (κ3) is 3.16. The van der Waals surface area contributed by atoms with Crippen LogP contribution in [0.3, 0.4) is 0 Å². The molecule has 84 valence electrons. The summed E-state index contributed by atoms with van der Waals surface area (Å²) >= 11 is 0. The Morgan fingerprint density at radius 3 is 2.00 bits per heavy atom. The summed E-state index contributed by atoms with van der Waals surface area (Å²) in [5, 5.41) is 0. The number of benzene rings is 1. The molecule has 0 aliphatic rings.